The fourth-order valence-corrected chi connectivity index (χ4v) is 1.02. The lowest BCUT2D eigenvalue weighted by Gasteiger charge is -2.04. The van der Waals surface area contributed by atoms with Gasteiger partial charge in [-0.1, -0.05) is 23.8 Å². The van der Waals surface area contributed by atoms with Crippen molar-refractivity contribution < 1.29 is 4.79 Å². The molecule has 0 aliphatic rings. The van der Waals surface area contributed by atoms with Crippen LogP contribution in [0.2, 0.25) is 0 Å². The Morgan fingerprint density at radius 1 is 1.43 bits per heavy atom. The van der Waals surface area contributed by atoms with Crippen LogP contribution in [0.15, 0.2) is 23.8 Å². The monoisotopic (exact) mass is 196 g/mol. The van der Waals surface area contributed by atoms with E-state index in [-0.39, 0.29) is 5.91 Å². The number of carbonyl (C=O) groups excluding carboxylic acids is 1. The Kier molecular flexibility index (Phi) is 6.76. The maximum Gasteiger partial charge on any atom is 0.217 e. The molecule has 2 N–H and O–H groups in total. The van der Waals surface area contributed by atoms with Gasteiger partial charge < -0.3 is 10.6 Å². The summed E-state index contributed by atoms with van der Waals surface area (Å²) in [4.78, 5) is 10.6. The van der Waals surface area contributed by atoms with E-state index in [1.807, 2.05) is 20.0 Å². The van der Waals surface area contributed by atoms with Gasteiger partial charge in [0.1, 0.15) is 0 Å². The predicted octanol–water partition coefficient (Wildman–Crippen LogP) is 1.23. The second-order valence-corrected chi connectivity index (χ2v) is 3.41. The molecule has 0 aromatic rings. The van der Waals surface area contributed by atoms with Crippen LogP contribution in [0, 0.1) is 0 Å². The number of allylic oxidation sites excluding steroid dienone is 1. The Bertz CT molecular complexity index is 231. The Morgan fingerprint density at radius 3 is 2.57 bits per heavy atom. The average molecular weight is 196 g/mol. The fraction of sp³-hybridized carbons (Fsp3) is 0.545. The zero-order valence-corrected chi connectivity index (χ0v) is 9.31. The second-order valence-electron chi connectivity index (χ2n) is 3.41. The molecule has 14 heavy (non-hydrogen) atoms. The van der Waals surface area contributed by atoms with E-state index in [9.17, 15) is 4.79 Å². The van der Waals surface area contributed by atoms with Crippen LogP contribution in [-0.2, 0) is 4.79 Å². The standard InChI is InChI=1S/C11H20N2O/c1-9(5-6-12-4)7-10(2)8-13-11(3)14/h7,12H,1,5-6,8H2,2-4H3,(H,13,14). The molecule has 0 heterocycles. The van der Waals surface area contributed by atoms with Crippen molar-refractivity contribution >= 4 is 5.91 Å². The van der Waals surface area contributed by atoms with Crippen molar-refractivity contribution in [2.75, 3.05) is 20.1 Å². The first-order valence-electron chi connectivity index (χ1n) is 4.80. The summed E-state index contributed by atoms with van der Waals surface area (Å²) >= 11 is 0. The SMILES string of the molecule is C=C(C=C(C)CNC(C)=O)CCNC. The van der Waals surface area contributed by atoms with Crippen LogP contribution in [0.3, 0.4) is 0 Å². The summed E-state index contributed by atoms with van der Waals surface area (Å²) in [5.74, 6) is -0.00131. The normalized spacial score (nSPS) is 11.2. The number of rotatable bonds is 6. The maximum atomic E-state index is 10.6. The van der Waals surface area contributed by atoms with Crippen LogP contribution < -0.4 is 10.6 Å². The molecule has 0 bridgehead atoms. The molecule has 0 saturated carbocycles. The van der Waals surface area contributed by atoms with Crippen molar-refractivity contribution in [1.29, 1.82) is 0 Å². The quantitative estimate of drug-likeness (QED) is 0.627. The number of carbonyl (C=O) groups is 1. The third-order valence-corrected chi connectivity index (χ3v) is 1.76. The minimum absolute atomic E-state index is 0.00131. The zero-order chi connectivity index (χ0) is 11.0. The van der Waals surface area contributed by atoms with E-state index in [1.165, 1.54) is 6.92 Å². The summed E-state index contributed by atoms with van der Waals surface area (Å²) in [5, 5.41) is 5.81. The highest BCUT2D eigenvalue weighted by atomic mass is 16.1. The highest BCUT2D eigenvalue weighted by molar-refractivity contribution is 5.73. The first-order valence-corrected chi connectivity index (χ1v) is 4.80. The highest BCUT2D eigenvalue weighted by Crippen LogP contribution is 2.02. The van der Waals surface area contributed by atoms with E-state index in [2.05, 4.69) is 17.2 Å². The van der Waals surface area contributed by atoms with Gasteiger partial charge >= 0.3 is 0 Å². The largest absolute Gasteiger partial charge is 0.353 e. The van der Waals surface area contributed by atoms with Gasteiger partial charge in [0.2, 0.25) is 5.91 Å². The molecule has 3 nitrogen and oxygen atoms in total. The Hall–Kier alpha value is -1.09. The highest BCUT2D eigenvalue weighted by Gasteiger charge is 1.94. The molecule has 0 fully saturated rings. The number of amides is 1. The van der Waals surface area contributed by atoms with Gasteiger partial charge in [-0.25, -0.2) is 0 Å². The minimum atomic E-state index is -0.00131. The molecule has 0 aromatic carbocycles. The lowest BCUT2D eigenvalue weighted by atomic mass is 10.1. The van der Waals surface area contributed by atoms with E-state index in [1.54, 1.807) is 0 Å². The van der Waals surface area contributed by atoms with Crippen LogP contribution in [0.25, 0.3) is 0 Å². The Morgan fingerprint density at radius 2 is 2.07 bits per heavy atom. The summed E-state index contributed by atoms with van der Waals surface area (Å²) in [7, 11) is 1.92. The molecule has 80 valence electrons. The summed E-state index contributed by atoms with van der Waals surface area (Å²) in [5.41, 5.74) is 2.21. The molecule has 0 aliphatic heterocycles. The first-order chi connectivity index (χ1) is 6.56. The molecule has 3 heteroatoms. The second kappa shape index (κ2) is 7.33. The van der Waals surface area contributed by atoms with Gasteiger partial charge in [-0.2, -0.15) is 0 Å². The van der Waals surface area contributed by atoms with Gasteiger partial charge in [-0.15, -0.1) is 0 Å². The van der Waals surface area contributed by atoms with Gasteiger partial charge in [0.05, 0.1) is 0 Å². The van der Waals surface area contributed by atoms with E-state index in [0.717, 1.165) is 24.1 Å². The van der Waals surface area contributed by atoms with Crippen molar-refractivity contribution in [3.63, 3.8) is 0 Å². The molecule has 0 radical (unpaired) electrons. The van der Waals surface area contributed by atoms with Crippen LogP contribution in [0.5, 0.6) is 0 Å². The molecule has 0 spiro atoms. The number of nitrogens with one attached hydrogen (secondary N) is 2. The average Bonchev–Trinajstić information content (AvgIpc) is 2.11. The van der Waals surface area contributed by atoms with Crippen molar-refractivity contribution in [3.8, 4) is 0 Å². The van der Waals surface area contributed by atoms with Crippen LogP contribution in [0.1, 0.15) is 20.3 Å². The molecule has 0 atom stereocenters. The molecule has 0 unspecified atom stereocenters. The molecule has 0 rings (SSSR count). The molecule has 0 saturated heterocycles. The predicted molar refractivity (Wildman–Crippen MR) is 60.1 cm³/mol. The molecule has 0 aliphatic carbocycles. The van der Waals surface area contributed by atoms with Crippen molar-refractivity contribution in [2.45, 2.75) is 20.3 Å². The zero-order valence-electron chi connectivity index (χ0n) is 9.31. The van der Waals surface area contributed by atoms with Crippen LogP contribution >= 0.6 is 0 Å². The Balaban J connectivity index is 3.84. The smallest absolute Gasteiger partial charge is 0.217 e. The van der Waals surface area contributed by atoms with E-state index < -0.39 is 0 Å². The van der Waals surface area contributed by atoms with Gasteiger partial charge in [0.15, 0.2) is 0 Å². The molecular formula is C11H20N2O. The number of hydrogen-bond acceptors (Lipinski definition) is 2. The molecular weight excluding hydrogens is 176 g/mol. The third kappa shape index (κ3) is 7.55. The van der Waals surface area contributed by atoms with E-state index in [4.69, 9.17) is 0 Å². The molecule has 1 amide bonds. The van der Waals surface area contributed by atoms with Crippen molar-refractivity contribution in [1.82, 2.24) is 10.6 Å². The van der Waals surface area contributed by atoms with Gasteiger partial charge in [-0.05, 0) is 26.9 Å². The van der Waals surface area contributed by atoms with Gasteiger partial charge in [-0.3, -0.25) is 4.79 Å². The van der Waals surface area contributed by atoms with Gasteiger partial charge in [0.25, 0.3) is 0 Å². The maximum absolute atomic E-state index is 10.6. The van der Waals surface area contributed by atoms with E-state index >= 15 is 0 Å². The summed E-state index contributed by atoms with van der Waals surface area (Å²) in [6, 6.07) is 0. The van der Waals surface area contributed by atoms with Crippen molar-refractivity contribution in [3.05, 3.63) is 23.8 Å². The Labute approximate surface area is 86.3 Å². The topological polar surface area (TPSA) is 41.1 Å². The van der Waals surface area contributed by atoms with Crippen LogP contribution in [0.4, 0.5) is 0 Å². The summed E-state index contributed by atoms with van der Waals surface area (Å²) in [6.45, 7) is 8.97. The van der Waals surface area contributed by atoms with Crippen LogP contribution in [-0.4, -0.2) is 26.0 Å². The van der Waals surface area contributed by atoms with E-state index in [0.29, 0.717) is 6.54 Å². The fourth-order valence-electron chi connectivity index (χ4n) is 1.02. The third-order valence-electron chi connectivity index (χ3n) is 1.76. The lowest BCUT2D eigenvalue weighted by molar-refractivity contribution is -0.118. The number of hydrogen-bond donors (Lipinski definition) is 2. The lowest BCUT2D eigenvalue weighted by Crippen LogP contribution is -2.21. The van der Waals surface area contributed by atoms with Gasteiger partial charge in [0, 0.05) is 13.5 Å². The first kappa shape index (κ1) is 12.9. The van der Waals surface area contributed by atoms with Crippen molar-refractivity contribution in [2.24, 2.45) is 0 Å². The summed E-state index contributed by atoms with van der Waals surface area (Å²) < 4.78 is 0. The molecule has 0 aromatic heterocycles. The minimum Gasteiger partial charge on any atom is -0.353 e. The summed E-state index contributed by atoms with van der Waals surface area (Å²) in [6.07, 6.45) is 2.96.